The van der Waals surface area contributed by atoms with Crippen LogP contribution in [-0.2, 0) is 13.6 Å². The molecular weight excluding hydrogens is 354 g/mol. The second kappa shape index (κ2) is 5.34. The Labute approximate surface area is 132 Å². The van der Waals surface area contributed by atoms with Gasteiger partial charge in [-0.1, -0.05) is 12.1 Å². The topological polar surface area (TPSA) is 95.8 Å². The van der Waals surface area contributed by atoms with Gasteiger partial charge in [0.1, 0.15) is 16.3 Å². The Morgan fingerprint density at radius 2 is 2.18 bits per heavy atom. The Morgan fingerprint density at radius 1 is 1.41 bits per heavy atom. The second-order valence-electron chi connectivity index (χ2n) is 4.72. The number of nitro groups is 1. The highest BCUT2D eigenvalue weighted by Gasteiger charge is 2.14. The monoisotopic (exact) mass is 363 g/mol. The Hall–Kier alpha value is -2.55. The number of hydrogen-bond acceptors (Lipinski definition) is 5. The maximum atomic E-state index is 12.5. The molecule has 0 spiro atoms. The highest BCUT2D eigenvalue weighted by atomic mass is 79.9. The molecule has 0 aliphatic heterocycles. The van der Waals surface area contributed by atoms with E-state index in [4.69, 9.17) is 0 Å². The summed E-state index contributed by atoms with van der Waals surface area (Å²) in [5.74, 6) is 0. The van der Waals surface area contributed by atoms with E-state index < -0.39 is 4.92 Å². The second-order valence-corrected chi connectivity index (χ2v) is 5.47. The third-order valence-corrected chi connectivity index (χ3v) is 3.80. The van der Waals surface area contributed by atoms with Gasteiger partial charge in [-0.2, -0.15) is 5.10 Å². The van der Waals surface area contributed by atoms with Crippen molar-refractivity contribution in [2.75, 3.05) is 0 Å². The summed E-state index contributed by atoms with van der Waals surface area (Å²) in [5.41, 5.74) is 0.864. The number of aromatic nitrogens is 4. The van der Waals surface area contributed by atoms with Gasteiger partial charge < -0.3 is 0 Å². The van der Waals surface area contributed by atoms with E-state index in [1.165, 1.54) is 27.7 Å². The van der Waals surface area contributed by atoms with Gasteiger partial charge in [0.15, 0.2) is 5.65 Å². The van der Waals surface area contributed by atoms with Gasteiger partial charge in [-0.3, -0.25) is 19.5 Å². The molecule has 0 radical (unpaired) electrons. The minimum atomic E-state index is -0.467. The van der Waals surface area contributed by atoms with Gasteiger partial charge in [0, 0.05) is 19.2 Å². The third-order valence-electron chi connectivity index (χ3n) is 3.24. The lowest BCUT2D eigenvalue weighted by Gasteiger charge is -2.05. The molecular formula is C13H10BrN5O3. The fourth-order valence-corrected chi connectivity index (χ4v) is 2.80. The number of rotatable bonds is 3. The van der Waals surface area contributed by atoms with Crippen molar-refractivity contribution in [2.45, 2.75) is 6.54 Å². The lowest BCUT2D eigenvalue weighted by molar-refractivity contribution is -0.384. The van der Waals surface area contributed by atoms with Crippen molar-refractivity contribution in [3.63, 3.8) is 0 Å². The van der Waals surface area contributed by atoms with Crippen molar-refractivity contribution in [3.05, 3.63) is 61.2 Å². The van der Waals surface area contributed by atoms with E-state index in [0.29, 0.717) is 21.2 Å². The number of nitro benzene ring substituents is 1. The summed E-state index contributed by atoms with van der Waals surface area (Å²) in [6.45, 7) is 0.199. The Balaban J connectivity index is 2.06. The molecule has 2 aromatic heterocycles. The zero-order chi connectivity index (χ0) is 15.9. The molecule has 22 heavy (non-hydrogen) atoms. The first-order valence-corrected chi connectivity index (χ1v) is 7.07. The smallest absolute Gasteiger partial charge is 0.269 e. The van der Waals surface area contributed by atoms with Crippen LogP contribution < -0.4 is 5.56 Å². The van der Waals surface area contributed by atoms with Gasteiger partial charge in [-0.25, -0.2) is 9.67 Å². The fraction of sp³-hybridized carbons (Fsp3) is 0.154. The molecule has 0 saturated carbocycles. The predicted octanol–water partition coefficient (Wildman–Crippen LogP) is 1.85. The van der Waals surface area contributed by atoms with Crippen LogP contribution >= 0.6 is 15.9 Å². The molecule has 8 nitrogen and oxygen atoms in total. The lowest BCUT2D eigenvalue weighted by Crippen LogP contribution is -2.21. The minimum Gasteiger partial charge on any atom is -0.294 e. The van der Waals surface area contributed by atoms with Gasteiger partial charge in [0.25, 0.3) is 11.2 Å². The lowest BCUT2D eigenvalue weighted by atomic mass is 10.2. The minimum absolute atomic E-state index is 0.0119. The first-order chi connectivity index (χ1) is 10.5. The molecule has 2 heterocycles. The van der Waals surface area contributed by atoms with Gasteiger partial charge in [0.05, 0.1) is 11.5 Å². The molecule has 0 unspecified atom stereocenters. The highest BCUT2D eigenvalue weighted by molar-refractivity contribution is 9.10. The quantitative estimate of drug-likeness (QED) is 0.522. The van der Waals surface area contributed by atoms with Gasteiger partial charge >= 0.3 is 0 Å². The van der Waals surface area contributed by atoms with Gasteiger partial charge in [-0.15, -0.1) is 0 Å². The van der Waals surface area contributed by atoms with E-state index in [9.17, 15) is 14.9 Å². The molecule has 0 aliphatic rings. The number of non-ortho nitro benzene ring substituents is 1. The van der Waals surface area contributed by atoms with Crippen molar-refractivity contribution in [1.29, 1.82) is 0 Å². The Morgan fingerprint density at radius 3 is 2.91 bits per heavy atom. The molecule has 0 amide bonds. The van der Waals surface area contributed by atoms with Crippen molar-refractivity contribution in [2.24, 2.45) is 7.05 Å². The third kappa shape index (κ3) is 2.39. The van der Waals surface area contributed by atoms with Crippen molar-refractivity contribution >= 4 is 32.7 Å². The van der Waals surface area contributed by atoms with Crippen LogP contribution in [0.3, 0.4) is 0 Å². The number of aryl methyl sites for hydroxylation is 1. The Kier molecular flexibility index (Phi) is 3.49. The fourth-order valence-electron chi connectivity index (χ4n) is 2.21. The van der Waals surface area contributed by atoms with Crippen LogP contribution in [0.4, 0.5) is 5.69 Å². The molecule has 0 N–H and O–H groups in total. The van der Waals surface area contributed by atoms with Crippen LogP contribution in [-0.4, -0.2) is 24.3 Å². The van der Waals surface area contributed by atoms with Crippen molar-refractivity contribution in [3.8, 4) is 0 Å². The van der Waals surface area contributed by atoms with E-state index in [-0.39, 0.29) is 17.8 Å². The summed E-state index contributed by atoms with van der Waals surface area (Å²) < 4.78 is 3.34. The van der Waals surface area contributed by atoms with Crippen molar-refractivity contribution in [1.82, 2.24) is 19.3 Å². The number of nitrogens with zero attached hydrogens (tertiary/aromatic N) is 5. The summed E-state index contributed by atoms with van der Waals surface area (Å²) in [5, 5.41) is 15.3. The van der Waals surface area contributed by atoms with Crippen LogP contribution in [0.2, 0.25) is 0 Å². The van der Waals surface area contributed by atoms with Crippen LogP contribution in [0.5, 0.6) is 0 Å². The maximum Gasteiger partial charge on any atom is 0.269 e. The van der Waals surface area contributed by atoms with E-state index in [0.717, 1.165) is 0 Å². The largest absolute Gasteiger partial charge is 0.294 e. The van der Waals surface area contributed by atoms with E-state index in [1.54, 1.807) is 19.2 Å². The van der Waals surface area contributed by atoms with Gasteiger partial charge in [-0.05, 0) is 21.5 Å². The SMILES string of the molecule is Cn1nc(Br)c2c(=O)n(Cc3cccc([N+](=O)[O-])c3)cnc21. The van der Waals surface area contributed by atoms with Crippen LogP contribution in [0.15, 0.2) is 40.0 Å². The van der Waals surface area contributed by atoms with Gasteiger partial charge in [0.2, 0.25) is 0 Å². The zero-order valence-corrected chi connectivity index (χ0v) is 13.0. The summed E-state index contributed by atoms with van der Waals surface area (Å²) >= 11 is 3.24. The van der Waals surface area contributed by atoms with Crippen LogP contribution in [0, 0.1) is 10.1 Å². The molecule has 1 aromatic carbocycles. The Bertz CT molecular complexity index is 946. The molecule has 0 fully saturated rings. The average Bonchev–Trinajstić information content (AvgIpc) is 2.77. The highest BCUT2D eigenvalue weighted by Crippen LogP contribution is 2.18. The standard InChI is InChI=1S/C13H10BrN5O3/c1-17-12-10(11(14)16-17)13(20)18(7-15-12)6-8-3-2-4-9(5-8)19(21)22/h2-5,7H,6H2,1H3. The zero-order valence-electron chi connectivity index (χ0n) is 11.4. The number of benzene rings is 1. The number of fused-ring (bicyclic) bond motifs is 1. The van der Waals surface area contributed by atoms with E-state index in [2.05, 4.69) is 26.0 Å². The summed E-state index contributed by atoms with van der Waals surface area (Å²) in [4.78, 5) is 27.0. The molecule has 0 saturated heterocycles. The van der Waals surface area contributed by atoms with Crippen LogP contribution in [0.1, 0.15) is 5.56 Å². The normalized spacial score (nSPS) is 11.0. The van der Waals surface area contributed by atoms with Crippen LogP contribution in [0.25, 0.3) is 11.0 Å². The maximum absolute atomic E-state index is 12.5. The molecule has 0 bridgehead atoms. The van der Waals surface area contributed by atoms with E-state index >= 15 is 0 Å². The summed E-state index contributed by atoms with van der Waals surface area (Å²) in [6, 6.07) is 6.16. The predicted molar refractivity (Wildman–Crippen MR) is 82.7 cm³/mol. The molecule has 0 aliphatic carbocycles. The van der Waals surface area contributed by atoms with Crippen molar-refractivity contribution < 1.29 is 4.92 Å². The molecule has 3 rings (SSSR count). The average molecular weight is 364 g/mol. The molecule has 112 valence electrons. The molecule has 9 heteroatoms. The first-order valence-electron chi connectivity index (χ1n) is 6.28. The van der Waals surface area contributed by atoms with E-state index in [1.807, 2.05) is 0 Å². The number of halogens is 1. The molecule has 0 atom stereocenters. The first kappa shape index (κ1) is 14.4. The summed E-state index contributed by atoms with van der Waals surface area (Å²) in [7, 11) is 1.70. The number of hydrogen-bond donors (Lipinski definition) is 0. The molecule has 3 aromatic rings. The summed E-state index contributed by atoms with van der Waals surface area (Å²) in [6.07, 6.45) is 1.41.